The molecular weight excluding hydrogens is 293 g/mol. The number of carbonyl (C=O) groups is 1. The lowest BCUT2D eigenvalue weighted by Crippen LogP contribution is -2.27. The maximum absolute atomic E-state index is 11.9. The molecule has 112 valence electrons. The van der Waals surface area contributed by atoms with Gasteiger partial charge in [0.05, 0.1) is 0 Å². The maximum Gasteiger partial charge on any atom is 0.441 e. The Kier molecular flexibility index (Phi) is 6.08. The number of halogens is 3. The van der Waals surface area contributed by atoms with Gasteiger partial charge in [0, 0.05) is 23.6 Å². The van der Waals surface area contributed by atoms with E-state index in [1.54, 1.807) is 6.07 Å². The molecule has 0 spiro atoms. The quantitative estimate of drug-likeness (QED) is 0.425. The van der Waals surface area contributed by atoms with Crippen LogP contribution in [0.3, 0.4) is 0 Å². The Balaban J connectivity index is 2.59. The summed E-state index contributed by atoms with van der Waals surface area (Å²) in [6.07, 6.45) is 0.611. The Hall–Kier alpha value is -1.48. The van der Waals surface area contributed by atoms with Crippen molar-refractivity contribution in [3.05, 3.63) is 23.4 Å². The first-order valence-electron chi connectivity index (χ1n) is 5.82. The molecule has 0 aromatic carbocycles. The van der Waals surface area contributed by atoms with Crippen LogP contribution in [0, 0.1) is 0 Å². The second-order valence-corrected chi connectivity index (χ2v) is 4.94. The fraction of sp³-hybridized carbons (Fsp3) is 0.455. The Morgan fingerprint density at radius 3 is 2.70 bits per heavy atom. The van der Waals surface area contributed by atoms with Crippen LogP contribution in [0.1, 0.15) is 23.0 Å². The van der Waals surface area contributed by atoms with Gasteiger partial charge in [-0.2, -0.15) is 13.2 Å². The minimum atomic E-state index is -4.28. The average molecular weight is 308 g/mol. The predicted molar refractivity (Wildman–Crippen MR) is 72.3 cm³/mol. The summed E-state index contributed by atoms with van der Waals surface area (Å²) >= 11 is -0.173. The normalized spacial score (nSPS) is 11.2. The van der Waals surface area contributed by atoms with Gasteiger partial charge in [-0.05, 0) is 30.3 Å². The molecule has 0 saturated carbocycles. The summed E-state index contributed by atoms with van der Waals surface area (Å²) in [5.41, 5.74) is -0.975. The molecule has 0 aliphatic heterocycles. The van der Waals surface area contributed by atoms with E-state index in [1.165, 1.54) is 6.07 Å². The molecule has 4 N–H and O–H groups in total. The molecule has 1 aromatic heterocycles. The van der Waals surface area contributed by atoms with Gasteiger partial charge in [-0.25, -0.2) is 10.8 Å². The van der Waals surface area contributed by atoms with Gasteiger partial charge in [0.25, 0.3) is 5.91 Å². The second kappa shape index (κ2) is 7.34. The fourth-order valence-corrected chi connectivity index (χ4v) is 1.84. The highest BCUT2D eigenvalue weighted by Crippen LogP contribution is 2.29. The highest BCUT2D eigenvalue weighted by Gasteiger charge is 2.27. The zero-order valence-electron chi connectivity index (χ0n) is 10.8. The van der Waals surface area contributed by atoms with Gasteiger partial charge in [0.15, 0.2) is 0 Å². The number of aryl methyl sites for hydroxylation is 1. The van der Waals surface area contributed by atoms with E-state index >= 15 is 0 Å². The number of nitrogens with one attached hydrogen (secondary N) is 2. The van der Waals surface area contributed by atoms with Crippen molar-refractivity contribution in [1.29, 1.82) is 0 Å². The number of alkyl halides is 3. The molecule has 1 heterocycles. The fourth-order valence-electron chi connectivity index (χ4n) is 1.41. The van der Waals surface area contributed by atoms with Gasteiger partial charge in [0.1, 0.15) is 5.82 Å². The summed E-state index contributed by atoms with van der Waals surface area (Å²) in [5.74, 6) is 4.88. The predicted octanol–water partition coefficient (Wildman–Crippen LogP) is 1.91. The van der Waals surface area contributed by atoms with E-state index in [0.29, 0.717) is 23.5 Å². The number of nitrogens with two attached hydrogens (primary N) is 1. The molecule has 0 aliphatic carbocycles. The zero-order valence-corrected chi connectivity index (χ0v) is 11.6. The van der Waals surface area contributed by atoms with Crippen molar-refractivity contribution in [2.75, 3.05) is 17.7 Å². The van der Waals surface area contributed by atoms with Crippen LogP contribution in [-0.4, -0.2) is 28.7 Å². The highest BCUT2D eigenvalue weighted by molar-refractivity contribution is 8.00. The molecule has 1 aromatic rings. The lowest BCUT2D eigenvalue weighted by Gasteiger charge is -2.09. The van der Waals surface area contributed by atoms with Crippen molar-refractivity contribution in [2.24, 2.45) is 5.84 Å². The number of thioether (sulfide) groups is 1. The summed E-state index contributed by atoms with van der Waals surface area (Å²) in [7, 11) is 0. The molecule has 0 saturated heterocycles. The number of carbonyl (C=O) groups excluding carboxylic acids is 1. The van der Waals surface area contributed by atoms with E-state index in [0.717, 1.165) is 0 Å². The third-order valence-corrected chi connectivity index (χ3v) is 3.04. The van der Waals surface area contributed by atoms with Crippen molar-refractivity contribution in [1.82, 2.24) is 10.3 Å². The molecule has 0 fully saturated rings. The van der Waals surface area contributed by atoms with E-state index in [2.05, 4.69) is 15.7 Å². The van der Waals surface area contributed by atoms with E-state index in [-0.39, 0.29) is 24.1 Å². The van der Waals surface area contributed by atoms with Crippen LogP contribution in [0.5, 0.6) is 0 Å². The first-order valence-corrected chi connectivity index (χ1v) is 6.80. The molecule has 0 unspecified atom stereocenters. The van der Waals surface area contributed by atoms with E-state index in [9.17, 15) is 18.0 Å². The Labute approximate surface area is 118 Å². The van der Waals surface area contributed by atoms with Crippen LogP contribution >= 0.6 is 11.8 Å². The molecule has 5 nitrogen and oxygen atoms in total. The van der Waals surface area contributed by atoms with Gasteiger partial charge < -0.3 is 10.7 Å². The first kappa shape index (κ1) is 16.6. The number of pyridine rings is 1. The molecular formula is C11H15F3N4OS. The van der Waals surface area contributed by atoms with Crippen LogP contribution in [0.2, 0.25) is 0 Å². The summed E-state index contributed by atoms with van der Waals surface area (Å²) in [6.45, 7) is 1.79. The molecule has 1 rings (SSSR count). The van der Waals surface area contributed by atoms with E-state index < -0.39 is 11.4 Å². The van der Waals surface area contributed by atoms with Crippen molar-refractivity contribution in [3.63, 3.8) is 0 Å². The van der Waals surface area contributed by atoms with Gasteiger partial charge in [0.2, 0.25) is 0 Å². The smallest absolute Gasteiger partial charge is 0.351 e. The minimum Gasteiger partial charge on any atom is -0.351 e. The Morgan fingerprint density at radius 2 is 2.15 bits per heavy atom. The first-order chi connectivity index (χ1) is 9.35. The molecule has 0 bridgehead atoms. The SMILES string of the molecule is CCc1cc(C(=O)NCCSC(F)(F)F)cc(NN)n1. The third kappa shape index (κ3) is 5.66. The van der Waals surface area contributed by atoms with E-state index in [1.807, 2.05) is 6.92 Å². The van der Waals surface area contributed by atoms with E-state index in [4.69, 9.17) is 5.84 Å². The number of nitrogens with zero attached hydrogens (tertiary/aromatic N) is 1. The molecule has 0 radical (unpaired) electrons. The molecule has 20 heavy (non-hydrogen) atoms. The minimum absolute atomic E-state index is 0.0713. The number of aromatic nitrogens is 1. The zero-order chi connectivity index (χ0) is 15.2. The highest BCUT2D eigenvalue weighted by atomic mass is 32.2. The summed E-state index contributed by atoms with van der Waals surface area (Å²) in [4.78, 5) is 15.9. The largest absolute Gasteiger partial charge is 0.441 e. The van der Waals surface area contributed by atoms with Crippen LogP contribution in [-0.2, 0) is 6.42 Å². The molecule has 9 heteroatoms. The number of hydrogen-bond acceptors (Lipinski definition) is 5. The standard InChI is InChI=1S/C11H15F3N4OS/c1-2-8-5-7(6-9(17-8)18-15)10(19)16-3-4-20-11(12,13)14/h5-6H,2-4,15H2,1H3,(H,16,19)(H,17,18). The monoisotopic (exact) mass is 308 g/mol. The average Bonchev–Trinajstić information content (AvgIpc) is 2.41. The van der Waals surface area contributed by atoms with Crippen molar-refractivity contribution in [3.8, 4) is 0 Å². The van der Waals surface area contributed by atoms with Crippen LogP contribution in [0.25, 0.3) is 0 Å². The third-order valence-electron chi connectivity index (χ3n) is 2.30. The molecule has 1 amide bonds. The Morgan fingerprint density at radius 1 is 1.45 bits per heavy atom. The number of anilines is 1. The van der Waals surface area contributed by atoms with Crippen molar-refractivity contribution >= 4 is 23.5 Å². The van der Waals surface area contributed by atoms with Gasteiger partial charge >= 0.3 is 5.51 Å². The number of amides is 1. The number of nitrogen functional groups attached to an aromatic ring is 1. The van der Waals surface area contributed by atoms with Gasteiger partial charge in [-0.15, -0.1) is 0 Å². The number of hydrogen-bond donors (Lipinski definition) is 3. The maximum atomic E-state index is 11.9. The number of rotatable bonds is 6. The summed E-state index contributed by atoms with van der Waals surface area (Å²) in [6, 6.07) is 3.01. The molecule has 0 atom stereocenters. The Bertz CT molecular complexity index is 445. The van der Waals surface area contributed by atoms with Crippen molar-refractivity contribution < 1.29 is 18.0 Å². The van der Waals surface area contributed by atoms with Crippen LogP contribution in [0.15, 0.2) is 12.1 Å². The van der Waals surface area contributed by atoms with Crippen LogP contribution < -0.4 is 16.6 Å². The van der Waals surface area contributed by atoms with Gasteiger partial charge in [-0.1, -0.05) is 6.92 Å². The lowest BCUT2D eigenvalue weighted by molar-refractivity contribution is -0.0327. The molecule has 0 aliphatic rings. The second-order valence-electron chi connectivity index (χ2n) is 3.78. The van der Waals surface area contributed by atoms with Gasteiger partial charge in [-0.3, -0.25) is 4.79 Å². The number of hydrazine groups is 1. The van der Waals surface area contributed by atoms with Crippen LogP contribution in [0.4, 0.5) is 19.0 Å². The van der Waals surface area contributed by atoms with Crippen molar-refractivity contribution in [2.45, 2.75) is 18.9 Å². The lowest BCUT2D eigenvalue weighted by atomic mass is 10.2. The summed E-state index contributed by atoms with van der Waals surface area (Å²) < 4.78 is 35.8. The topological polar surface area (TPSA) is 80.0 Å². The summed E-state index contributed by atoms with van der Waals surface area (Å²) in [5, 5.41) is 2.42.